The first-order valence-corrected chi connectivity index (χ1v) is 9.79. The molecule has 0 saturated heterocycles. The summed E-state index contributed by atoms with van der Waals surface area (Å²) in [6.45, 7) is 5.89. The van der Waals surface area contributed by atoms with Gasteiger partial charge in [-0.25, -0.2) is 9.67 Å². The van der Waals surface area contributed by atoms with Crippen LogP contribution in [0.15, 0.2) is 28.0 Å². The van der Waals surface area contributed by atoms with Crippen LogP contribution in [-0.2, 0) is 12.8 Å². The first-order chi connectivity index (χ1) is 13.0. The molecule has 0 radical (unpaired) electrons. The van der Waals surface area contributed by atoms with Gasteiger partial charge in [-0.2, -0.15) is 5.26 Å². The molecule has 4 rings (SSSR count). The third-order valence-corrected chi connectivity index (χ3v) is 6.24. The van der Waals surface area contributed by atoms with Crippen molar-refractivity contribution in [2.45, 2.75) is 40.0 Å². The van der Waals surface area contributed by atoms with Crippen molar-refractivity contribution in [1.29, 1.82) is 5.26 Å². The smallest absolute Gasteiger partial charge is 0.280 e. The molecule has 2 aromatic heterocycles. The van der Waals surface area contributed by atoms with Gasteiger partial charge in [0.25, 0.3) is 5.56 Å². The van der Waals surface area contributed by atoms with E-state index in [1.807, 2.05) is 32.9 Å². The number of aliphatic imine (C=N–C) groups is 1. The highest BCUT2D eigenvalue weighted by Crippen LogP contribution is 2.40. The SMILES string of the molecule is Cc1ccc(-n2[nH]c(C)c(C=Nc3sc4c(c3C#N)CCC4)c2=O)c(C)c1. The second-order valence-corrected chi connectivity index (χ2v) is 8.07. The summed E-state index contributed by atoms with van der Waals surface area (Å²) in [5.41, 5.74) is 5.98. The van der Waals surface area contributed by atoms with Gasteiger partial charge >= 0.3 is 0 Å². The Bertz CT molecular complexity index is 1170. The summed E-state index contributed by atoms with van der Waals surface area (Å²) in [6.07, 6.45) is 4.67. The summed E-state index contributed by atoms with van der Waals surface area (Å²) in [5, 5.41) is 13.3. The van der Waals surface area contributed by atoms with Gasteiger partial charge < -0.3 is 0 Å². The van der Waals surface area contributed by atoms with Crippen molar-refractivity contribution in [3.05, 3.63) is 66.9 Å². The Morgan fingerprint density at radius 3 is 2.85 bits per heavy atom. The Morgan fingerprint density at radius 2 is 2.11 bits per heavy atom. The molecule has 0 aliphatic heterocycles. The molecular formula is C21H20N4OS. The van der Waals surface area contributed by atoms with Crippen LogP contribution in [0.25, 0.3) is 5.69 Å². The summed E-state index contributed by atoms with van der Waals surface area (Å²) in [6, 6.07) is 8.28. The quantitative estimate of drug-likeness (QED) is 0.694. The minimum atomic E-state index is -0.134. The molecule has 136 valence electrons. The highest BCUT2D eigenvalue weighted by Gasteiger charge is 2.22. The Labute approximate surface area is 161 Å². The topological polar surface area (TPSA) is 73.9 Å². The van der Waals surface area contributed by atoms with Crippen LogP contribution in [0.2, 0.25) is 0 Å². The van der Waals surface area contributed by atoms with Crippen LogP contribution in [0.3, 0.4) is 0 Å². The van der Waals surface area contributed by atoms with Crippen LogP contribution in [0.5, 0.6) is 0 Å². The molecule has 1 aliphatic carbocycles. The van der Waals surface area contributed by atoms with Crippen molar-refractivity contribution in [1.82, 2.24) is 9.78 Å². The van der Waals surface area contributed by atoms with Crippen LogP contribution in [0, 0.1) is 32.1 Å². The van der Waals surface area contributed by atoms with E-state index in [9.17, 15) is 10.1 Å². The van der Waals surface area contributed by atoms with Crippen molar-refractivity contribution in [3.8, 4) is 11.8 Å². The molecule has 2 heterocycles. The monoisotopic (exact) mass is 376 g/mol. The summed E-state index contributed by atoms with van der Waals surface area (Å²) in [4.78, 5) is 18.7. The van der Waals surface area contributed by atoms with Gasteiger partial charge in [0.15, 0.2) is 0 Å². The molecule has 1 aliphatic rings. The number of rotatable bonds is 3. The van der Waals surface area contributed by atoms with E-state index in [1.54, 1.807) is 22.2 Å². The molecule has 0 fully saturated rings. The number of fused-ring (bicyclic) bond motifs is 1. The zero-order valence-corrected chi connectivity index (χ0v) is 16.4. The third-order valence-electron chi connectivity index (χ3n) is 5.04. The molecule has 0 amide bonds. The second-order valence-electron chi connectivity index (χ2n) is 6.99. The molecule has 0 unspecified atom stereocenters. The van der Waals surface area contributed by atoms with E-state index in [1.165, 1.54) is 4.88 Å². The van der Waals surface area contributed by atoms with Crippen LogP contribution < -0.4 is 5.56 Å². The fourth-order valence-electron chi connectivity index (χ4n) is 3.66. The third kappa shape index (κ3) is 2.94. The first kappa shape index (κ1) is 17.5. The number of aryl methyl sites for hydroxylation is 4. The fourth-order valence-corrected chi connectivity index (χ4v) is 4.84. The molecule has 0 spiro atoms. The highest BCUT2D eigenvalue weighted by molar-refractivity contribution is 7.16. The maximum atomic E-state index is 12.9. The van der Waals surface area contributed by atoms with Crippen LogP contribution in [-0.4, -0.2) is 16.0 Å². The molecule has 1 N–H and O–H groups in total. The summed E-state index contributed by atoms with van der Waals surface area (Å²) >= 11 is 1.57. The first-order valence-electron chi connectivity index (χ1n) is 8.97. The number of nitrogens with zero attached hydrogens (tertiary/aromatic N) is 3. The number of H-pyrrole nitrogens is 1. The molecule has 0 saturated carbocycles. The lowest BCUT2D eigenvalue weighted by Gasteiger charge is -2.06. The summed E-state index contributed by atoms with van der Waals surface area (Å²) < 4.78 is 1.56. The standard InChI is InChI=1S/C21H20N4OS/c1-12-7-8-18(13(2)9-12)25-21(26)17(14(3)24-25)11-23-20-16(10-22)15-5-4-6-19(15)27-20/h7-9,11,24H,4-6H2,1-3H3. The van der Waals surface area contributed by atoms with Gasteiger partial charge in [-0.1, -0.05) is 17.7 Å². The lowest BCUT2D eigenvalue weighted by molar-refractivity contribution is 0.828. The fraction of sp³-hybridized carbons (Fsp3) is 0.286. The van der Waals surface area contributed by atoms with Gasteiger partial charge in [-0.05, 0) is 57.2 Å². The van der Waals surface area contributed by atoms with Crippen LogP contribution in [0.1, 0.15) is 44.8 Å². The minimum Gasteiger partial charge on any atom is -0.295 e. The van der Waals surface area contributed by atoms with Gasteiger partial charge in [0.05, 0.1) is 16.8 Å². The van der Waals surface area contributed by atoms with E-state index in [4.69, 9.17) is 0 Å². The predicted octanol–water partition coefficient (Wildman–Crippen LogP) is 4.26. The molecule has 27 heavy (non-hydrogen) atoms. The van der Waals surface area contributed by atoms with Crippen molar-refractivity contribution in [2.24, 2.45) is 4.99 Å². The largest absolute Gasteiger partial charge is 0.295 e. The van der Waals surface area contributed by atoms with Gasteiger partial charge in [0, 0.05) is 16.8 Å². The van der Waals surface area contributed by atoms with E-state index in [0.29, 0.717) is 16.1 Å². The average molecular weight is 376 g/mol. The number of hydrogen-bond donors (Lipinski definition) is 1. The lowest BCUT2D eigenvalue weighted by atomic mass is 10.1. The zero-order chi connectivity index (χ0) is 19.1. The maximum absolute atomic E-state index is 12.9. The Balaban J connectivity index is 1.74. The number of aromatic nitrogens is 2. The predicted molar refractivity (Wildman–Crippen MR) is 109 cm³/mol. The van der Waals surface area contributed by atoms with Crippen molar-refractivity contribution < 1.29 is 0 Å². The molecule has 5 nitrogen and oxygen atoms in total. The van der Waals surface area contributed by atoms with Gasteiger partial charge in [-0.15, -0.1) is 11.3 Å². The number of nitrogens with one attached hydrogen (secondary N) is 1. The Hall–Kier alpha value is -2.91. The van der Waals surface area contributed by atoms with Crippen LogP contribution >= 0.6 is 11.3 Å². The average Bonchev–Trinajstić information content (AvgIpc) is 3.27. The van der Waals surface area contributed by atoms with E-state index in [0.717, 1.165) is 47.3 Å². The number of hydrogen-bond acceptors (Lipinski definition) is 4. The van der Waals surface area contributed by atoms with E-state index >= 15 is 0 Å². The summed E-state index contributed by atoms with van der Waals surface area (Å²) in [7, 11) is 0. The van der Waals surface area contributed by atoms with E-state index < -0.39 is 0 Å². The van der Waals surface area contributed by atoms with E-state index in [2.05, 4.69) is 22.2 Å². The van der Waals surface area contributed by atoms with Gasteiger partial charge in [0.1, 0.15) is 11.1 Å². The highest BCUT2D eigenvalue weighted by atomic mass is 32.1. The molecule has 0 atom stereocenters. The Morgan fingerprint density at radius 1 is 1.30 bits per heavy atom. The molecule has 3 aromatic rings. The lowest BCUT2D eigenvalue weighted by Crippen LogP contribution is -2.18. The number of aromatic amines is 1. The minimum absolute atomic E-state index is 0.134. The summed E-state index contributed by atoms with van der Waals surface area (Å²) in [5.74, 6) is 0. The zero-order valence-electron chi connectivity index (χ0n) is 15.6. The van der Waals surface area contributed by atoms with Crippen molar-refractivity contribution >= 4 is 22.6 Å². The van der Waals surface area contributed by atoms with Gasteiger partial charge in [-0.3, -0.25) is 9.89 Å². The number of thiophene rings is 1. The maximum Gasteiger partial charge on any atom is 0.280 e. The van der Waals surface area contributed by atoms with E-state index in [-0.39, 0.29) is 5.56 Å². The molecule has 0 bridgehead atoms. The molecule has 6 heteroatoms. The van der Waals surface area contributed by atoms with Crippen molar-refractivity contribution in [2.75, 3.05) is 0 Å². The van der Waals surface area contributed by atoms with Crippen molar-refractivity contribution in [3.63, 3.8) is 0 Å². The molecular weight excluding hydrogens is 356 g/mol. The normalized spacial score (nSPS) is 13.3. The Kier molecular flexibility index (Phi) is 4.33. The van der Waals surface area contributed by atoms with Crippen LogP contribution in [0.4, 0.5) is 5.00 Å². The molecule has 1 aromatic carbocycles. The number of benzene rings is 1. The number of nitriles is 1. The van der Waals surface area contributed by atoms with Gasteiger partial charge in [0.2, 0.25) is 0 Å². The second kappa shape index (κ2) is 6.67.